The van der Waals surface area contributed by atoms with Crippen molar-refractivity contribution in [2.75, 3.05) is 26.4 Å². The minimum Gasteiger partial charge on any atom is -0.479 e. The van der Waals surface area contributed by atoms with Gasteiger partial charge in [0, 0.05) is 0 Å². The second kappa shape index (κ2) is 11.8. The van der Waals surface area contributed by atoms with Crippen LogP contribution in [0.25, 0.3) is 0 Å². The highest BCUT2D eigenvalue weighted by Gasteiger charge is 2.47. The summed E-state index contributed by atoms with van der Waals surface area (Å²) in [5.74, 6) is -3.73. The van der Waals surface area contributed by atoms with E-state index in [-0.39, 0.29) is 26.4 Å². The van der Waals surface area contributed by atoms with E-state index in [9.17, 15) is 28.9 Å². The van der Waals surface area contributed by atoms with Crippen LogP contribution in [-0.4, -0.2) is 60.8 Å². The second-order valence-electron chi connectivity index (χ2n) is 4.29. The molecule has 0 aromatic carbocycles. The van der Waals surface area contributed by atoms with Crippen molar-refractivity contribution in [3.8, 4) is 0 Å². The molecule has 2 unspecified atom stereocenters. The first-order valence-electron chi connectivity index (χ1n) is 7.68. The van der Waals surface area contributed by atoms with Crippen LogP contribution in [0.5, 0.6) is 0 Å². The lowest BCUT2D eigenvalue weighted by Gasteiger charge is -2.26. The Labute approximate surface area is 150 Å². The molecule has 154 valence electrons. The molecule has 26 heavy (non-hydrogen) atoms. The highest BCUT2D eigenvalue weighted by atomic mass is 31.2. The van der Waals surface area contributed by atoms with Gasteiger partial charge in [-0.25, -0.2) is 18.7 Å². The lowest BCUT2D eigenvalue weighted by molar-refractivity contribution is -0.164. The second-order valence-corrected chi connectivity index (χ2v) is 7.54. The van der Waals surface area contributed by atoms with E-state index in [1.807, 2.05) is 0 Å². The highest BCUT2D eigenvalue weighted by Crippen LogP contribution is 2.54. The molecular weight excluding hydrogens is 398 g/mol. The van der Waals surface area contributed by atoms with E-state index in [1.165, 1.54) is 27.7 Å². The van der Waals surface area contributed by atoms with Crippen LogP contribution in [0.2, 0.25) is 0 Å². The summed E-state index contributed by atoms with van der Waals surface area (Å²) < 4.78 is 53.4. The summed E-state index contributed by atoms with van der Waals surface area (Å²) in [6, 6.07) is 0. The summed E-state index contributed by atoms with van der Waals surface area (Å²) >= 11 is 0. The quantitative estimate of drug-likeness (QED) is 0.371. The third kappa shape index (κ3) is 8.24. The lowest BCUT2D eigenvalue weighted by atomic mass is 10.2. The SMILES string of the molecule is CCOP(=O)(OCC)OC(C(=O)O)C(OP(=O)(OCC)OCC)C(=O)O. The zero-order valence-corrected chi connectivity index (χ0v) is 16.6. The van der Waals surface area contributed by atoms with Gasteiger partial charge < -0.3 is 10.2 Å². The third-order valence-electron chi connectivity index (χ3n) is 2.40. The molecule has 0 aliphatic carbocycles. The van der Waals surface area contributed by atoms with Crippen LogP contribution in [0, 0.1) is 0 Å². The zero-order chi connectivity index (χ0) is 20.4. The minimum absolute atomic E-state index is 0.168. The number of rotatable bonds is 15. The Morgan fingerprint density at radius 3 is 1.08 bits per heavy atom. The number of hydrogen-bond acceptors (Lipinski definition) is 10. The Kier molecular flexibility index (Phi) is 11.4. The molecule has 14 heteroatoms. The van der Waals surface area contributed by atoms with E-state index in [0.29, 0.717) is 0 Å². The predicted molar refractivity (Wildman–Crippen MR) is 86.7 cm³/mol. The first kappa shape index (κ1) is 25.2. The summed E-state index contributed by atoms with van der Waals surface area (Å²) in [7, 11) is -8.83. The minimum atomic E-state index is -4.41. The molecule has 2 N–H and O–H groups in total. The standard InChI is InChI=1S/C12H24O12P2/c1-5-19-25(17,20-6-2)23-9(11(13)14)10(12(15)16)24-26(18,21-7-3)22-8-4/h9-10H,5-8H2,1-4H3,(H,13,14)(H,15,16). The summed E-state index contributed by atoms with van der Waals surface area (Å²) in [6.45, 7) is 5.08. The highest BCUT2D eigenvalue weighted by molar-refractivity contribution is 7.49. The maximum atomic E-state index is 12.4. The van der Waals surface area contributed by atoms with E-state index in [4.69, 9.17) is 27.1 Å². The van der Waals surface area contributed by atoms with Gasteiger partial charge in [0.2, 0.25) is 12.2 Å². The number of hydrogen-bond donors (Lipinski definition) is 2. The van der Waals surface area contributed by atoms with Crippen molar-refractivity contribution >= 4 is 27.6 Å². The number of carboxylic acids is 2. The summed E-state index contributed by atoms with van der Waals surface area (Å²) in [6.07, 6.45) is -4.77. The maximum Gasteiger partial charge on any atom is 0.475 e. The van der Waals surface area contributed by atoms with E-state index >= 15 is 0 Å². The molecule has 0 spiro atoms. The van der Waals surface area contributed by atoms with Gasteiger partial charge in [0.1, 0.15) is 0 Å². The van der Waals surface area contributed by atoms with Gasteiger partial charge in [-0.15, -0.1) is 0 Å². The molecule has 0 fully saturated rings. The molecule has 0 saturated carbocycles. The fraction of sp³-hybridized carbons (Fsp3) is 0.833. The number of phosphoric acid groups is 2. The summed E-state index contributed by atoms with van der Waals surface area (Å²) in [4.78, 5) is 22.9. The van der Waals surface area contributed by atoms with E-state index in [1.54, 1.807) is 0 Å². The number of phosphoric ester groups is 2. The third-order valence-corrected chi connectivity index (χ3v) is 5.66. The van der Waals surface area contributed by atoms with Gasteiger partial charge in [-0.1, -0.05) is 0 Å². The monoisotopic (exact) mass is 422 g/mol. The molecule has 0 amide bonds. The Morgan fingerprint density at radius 2 is 0.923 bits per heavy atom. The fourth-order valence-corrected chi connectivity index (χ4v) is 4.18. The van der Waals surface area contributed by atoms with E-state index in [2.05, 4.69) is 0 Å². The van der Waals surface area contributed by atoms with Gasteiger partial charge in [0.15, 0.2) is 0 Å². The van der Waals surface area contributed by atoms with Gasteiger partial charge in [-0.3, -0.25) is 27.1 Å². The molecule has 0 aliphatic rings. The van der Waals surface area contributed by atoms with Crippen molar-refractivity contribution in [3.63, 3.8) is 0 Å². The van der Waals surface area contributed by atoms with Gasteiger partial charge in [0.25, 0.3) is 0 Å². The Morgan fingerprint density at radius 1 is 0.692 bits per heavy atom. The fourth-order valence-electron chi connectivity index (χ4n) is 1.57. The normalized spacial score (nSPS) is 14.8. The van der Waals surface area contributed by atoms with Crippen LogP contribution in [0.3, 0.4) is 0 Å². The average molecular weight is 422 g/mol. The molecule has 0 aromatic rings. The summed E-state index contributed by atoms with van der Waals surface area (Å²) in [5, 5.41) is 18.6. The Bertz CT molecular complexity index is 482. The van der Waals surface area contributed by atoms with Crippen molar-refractivity contribution in [1.29, 1.82) is 0 Å². The van der Waals surface area contributed by atoms with Gasteiger partial charge in [-0.2, -0.15) is 0 Å². The topological polar surface area (TPSA) is 164 Å². The van der Waals surface area contributed by atoms with Crippen LogP contribution in [0.1, 0.15) is 27.7 Å². The van der Waals surface area contributed by atoms with Gasteiger partial charge in [0.05, 0.1) is 26.4 Å². The Hall–Kier alpha value is -0.840. The van der Waals surface area contributed by atoms with Crippen LogP contribution in [0.15, 0.2) is 0 Å². The van der Waals surface area contributed by atoms with E-state index < -0.39 is 39.8 Å². The van der Waals surface area contributed by atoms with Crippen molar-refractivity contribution in [2.45, 2.75) is 39.9 Å². The lowest BCUT2D eigenvalue weighted by Crippen LogP contribution is -2.43. The smallest absolute Gasteiger partial charge is 0.475 e. The summed E-state index contributed by atoms with van der Waals surface area (Å²) in [5.41, 5.74) is 0. The molecule has 0 heterocycles. The first-order valence-corrected chi connectivity index (χ1v) is 10.6. The first-order chi connectivity index (χ1) is 12.1. The maximum absolute atomic E-state index is 12.4. The van der Waals surface area contributed by atoms with Crippen LogP contribution in [0.4, 0.5) is 0 Å². The number of aliphatic carboxylic acids is 2. The van der Waals surface area contributed by atoms with Crippen molar-refractivity contribution < 1.29 is 56.1 Å². The Balaban J connectivity index is 5.72. The molecule has 0 aliphatic heterocycles. The zero-order valence-electron chi connectivity index (χ0n) is 14.9. The molecule has 2 atom stereocenters. The van der Waals surface area contributed by atoms with Crippen molar-refractivity contribution in [3.05, 3.63) is 0 Å². The van der Waals surface area contributed by atoms with Crippen LogP contribution < -0.4 is 0 Å². The molecule has 0 saturated heterocycles. The molecular formula is C12H24O12P2. The number of carboxylic acid groups (broad SMARTS) is 2. The molecule has 12 nitrogen and oxygen atoms in total. The predicted octanol–water partition coefficient (Wildman–Crippen LogP) is 2.29. The van der Waals surface area contributed by atoms with Crippen LogP contribution in [-0.2, 0) is 45.9 Å². The molecule has 0 radical (unpaired) electrons. The van der Waals surface area contributed by atoms with Crippen LogP contribution >= 0.6 is 15.6 Å². The van der Waals surface area contributed by atoms with Gasteiger partial charge >= 0.3 is 27.6 Å². The van der Waals surface area contributed by atoms with Crippen molar-refractivity contribution in [1.82, 2.24) is 0 Å². The number of carbonyl (C=O) groups is 2. The average Bonchev–Trinajstić information content (AvgIpc) is 2.51. The molecule has 0 rings (SSSR count). The largest absolute Gasteiger partial charge is 0.479 e. The van der Waals surface area contributed by atoms with E-state index in [0.717, 1.165) is 0 Å². The molecule has 0 aromatic heterocycles. The van der Waals surface area contributed by atoms with Crippen molar-refractivity contribution in [2.24, 2.45) is 0 Å². The van der Waals surface area contributed by atoms with Gasteiger partial charge in [-0.05, 0) is 27.7 Å². The molecule has 0 bridgehead atoms.